The molecule has 14 heteroatoms. The van der Waals surface area contributed by atoms with Crippen LogP contribution in [-0.4, -0.2) is 69.6 Å². The normalized spacial score (nSPS) is 16.2. The van der Waals surface area contributed by atoms with Crippen molar-refractivity contribution in [1.82, 2.24) is 24.1 Å². The average molecular weight is 513 g/mol. The number of hydrogen-bond donors (Lipinski definition) is 2. The van der Waals surface area contributed by atoms with Gasteiger partial charge >= 0.3 is 6.18 Å². The summed E-state index contributed by atoms with van der Waals surface area (Å²) in [4.78, 5) is 8.77. The van der Waals surface area contributed by atoms with E-state index < -0.39 is 28.9 Å². The van der Waals surface area contributed by atoms with Crippen LogP contribution in [0, 0.1) is 6.92 Å². The van der Waals surface area contributed by atoms with Crippen LogP contribution >= 0.6 is 0 Å². The first-order valence-electron chi connectivity index (χ1n) is 10.5. The third kappa shape index (κ3) is 5.09. The monoisotopic (exact) mass is 512 g/mol. The largest absolute Gasteiger partial charge is 0.491 e. The van der Waals surface area contributed by atoms with Crippen molar-refractivity contribution in [3.05, 3.63) is 47.9 Å². The number of hydrogen-bond acceptors (Lipinski definition) is 8. The Morgan fingerprint density at radius 1 is 1.29 bits per heavy atom. The minimum atomic E-state index is -4.79. The zero-order valence-electron chi connectivity index (χ0n) is 18.8. The summed E-state index contributed by atoms with van der Waals surface area (Å²) in [6, 6.07) is 6.05. The van der Waals surface area contributed by atoms with Gasteiger partial charge in [0.15, 0.2) is 11.1 Å². The predicted octanol–water partition coefficient (Wildman–Crippen LogP) is 1.86. The van der Waals surface area contributed by atoms with Gasteiger partial charge in [-0.25, -0.2) is 18.4 Å². The molecular weight excluding hydrogens is 489 g/mol. The van der Waals surface area contributed by atoms with Crippen molar-refractivity contribution in [1.29, 1.82) is 0 Å². The standard InChI is InChI=1S/C21H23F3N6O4S/c1-12-3-4-14(34-11-17(31)21(22,23)24)7-15(12)16-8-26-20(25)19(27-16)13-9-30(10-13)35(32,33)18-5-6-29(2)28-18/h3-8,13,17,31H,9-11H2,1-2H3,(H2,25,26). The van der Waals surface area contributed by atoms with Crippen LogP contribution in [0.3, 0.4) is 0 Å². The Hall–Kier alpha value is -3.23. The molecule has 1 saturated heterocycles. The Balaban J connectivity index is 1.52. The third-order valence-corrected chi connectivity index (χ3v) is 7.35. The van der Waals surface area contributed by atoms with Gasteiger partial charge in [-0.1, -0.05) is 6.07 Å². The molecule has 1 aliphatic rings. The Morgan fingerprint density at radius 2 is 2.00 bits per heavy atom. The predicted molar refractivity (Wildman–Crippen MR) is 119 cm³/mol. The molecule has 1 atom stereocenters. The molecule has 35 heavy (non-hydrogen) atoms. The Kier molecular flexibility index (Phi) is 6.46. The van der Waals surface area contributed by atoms with Crippen LogP contribution in [0.2, 0.25) is 0 Å². The van der Waals surface area contributed by atoms with E-state index in [0.717, 1.165) is 5.56 Å². The number of benzene rings is 1. The molecule has 188 valence electrons. The number of nitrogens with two attached hydrogens (primary N) is 1. The lowest BCUT2D eigenvalue weighted by Gasteiger charge is -2.37. The fraction of sp³-hybridized carbons (Fsp3) is 0.381. The third-order valence-electron chi connectivity index (χ3n) is 5.63. The molecule has 0 bridgehead atoms. The van der Waals surface area contributed by atoms with E-state index in [1.165, 1.54) is 33.4 Å². The topological polar surface area (TPSA) is 136 Å². The van der Waals surface area contributed by atoms with Gasteiger partial charge in [-0.15, -0.1) is 0 Å². The summed E-state index contributed by atoms with van der Waals surface area (Å²) in [7, 11) is -2.11. The highest BCUT2D eigenvalue weighted by Gasteiger charge is 2.41. The number of anilines is 1. The zero-order valence-corrected chi connectivity index (χ0v) is 19.6. The van der Waals surface area contributed by atoms with E-state index in [9.17, 15) is 21.6 Å². The number of aliphatic hydroxyl groups is 1. The van der Waals surface area contributed by atoms with E-state index >= 15 is 0 Å². The molecule has 4 rings (SSSR count). The van der Waals surface area contributed by atoms with Gasteiger partial charge in [0.1, 0.15) is 18.2 Å². The Labute approximate surface area is 199 Å². The number of nitrogen functional groups attached to an aromatic ring is 1. The van der Waals surface area contributed by atoms with Gasteiger partial charge < -0.3 is 15.6 Å². The van der Waals surface area contributed by atoms with Crippen molar-refractivity contribution in [3.8, 4) is 17.0 Å². The maximum absolute atomic E-state index is 12.7. The van der Waals surface area contributed by atoms with E-state index in [0.29, 0.717) is 17.0 Å². The van der Waals surface area contributed by atoms with E-state index in [4.69, 9.17) is 15.6 Å². The Bertz CT molecular complexity index is 1340. The fourth-order valence-corrected chi connectivity index (χ4v) is 5.03. The molecule has 0 aliphatic carbocycles. The molecule has 2 aromatic heterocycles. The first-order valence-corrected chi connectivity index (χ1v) is 11.9. The van der Waals surface area contributed by atoms with Crippen LogP contribution in [0.15, 0.2) is 41.7 Å². The van der Waals surface area contributed by atoms with Crippen LogP contribution in [0.1, 0.15) is 17.2 Å². The molecule has 10 nitrogen and oxygen atoms in total. The molecule has 3 aromatic rings. The molecule has 3 N–H and O–H groups in total. The molecular formula is C21H23F3N6O4S. The van der Waals surface area contributed by atoms with Gasteiger partial charge in [0, 0.05) is 37.8 Å². The maximum atomic E-state index is 12.7. The smallest absolute Gasteiger partial charge is 0.417 e. The van der Waals surface area contributed by atoms with Gasteiger partial charge in [-0.05, 0) is 30.7 Å². The number of nitrogens with zero attached hydrogens (tertiary/aromatic N) is 5. The fourth-order valence-electron chi connectivity index (χ4n) is 3.55. The van der Waals surface area contributed by atoms with E-state index in [-0.39, 0.29) is 35.6 Å². The Morgan fingerprint density at radius 3 is 2.63 bits per heavy atom. The maximum Gasteiger partial charge on any atom is 0.417 e. The van der Waals surface area contributed by atoms with Crippen molar-refractivity contribution in [2.24, 2.45) is 7.05 Å². The molecule has 1 aromatic carbocycles. The van der Waals surface area contributed by atoms with Crippen molar-refractivity contribution in [3.63, 3.8) is 0 Å². The SMILES string of the molecule is Cc1ccc(OCC(O)C(F)(F)F)cc1-c1cnc(N)c(C2CN(S(=O)(=O)c3ccn(C)n3)C2)n1. The summed E-state index contributed by atoms with van der Waals surface area (Å²) in [6.07, 6.45) is -4.43. The molecule has 0 radical (unpaired) electrons. The van der Waals surface area contributed by atoms with Crippen molar-refractivity contribution in [2.45, 2.75) is 30.1 Å². The average Bonchev–Trinajstić information content (AvgIpc) is 3.19. The lowest BCUT2D eigenvalue weighted by Crippen LogP contribution is -2.49. The number of alkyl halides is 3. The molecule has 0 spiro atoms. The molecule has 0 amide bonds. The highest BCUT2D eigenvalue weighted by molar-refractivity contribution is 7.89. The van der Waals surface area contributed by atoms with Gasteiger partial charge in [0.2, 0.25) is 0 Å². The second kappa shape index (κ2) is 9.09. The van der Waals surface area contributed by atoms with Crippen LogP contribution < -0.4 is 10.5 Å². The second-order valence-corrected chi connectivity index (χ2v) is 10.1. The minimum Gasteiger partial charge on any atom is -0.491 e. The van der Waals surface area contributed by atoms with Gasteiger partial charge in [0.25, 0.3) is 10.0 Å². The lowest BCUT2D eigenvalue weighted by atomic mass is 9.98. The number of aliphatic hydroxyl groups excluding tert-OH is 1. The quantitative estimate of drug-likeness (QED) is 0.490. The van der Waals surface area contributed by atoms with Crippen molar-refractivity contribution < 1.29 is 31.4 Å². The highest BCUT2D eigenvalue weighted by Crippen LogP contribution is 2.35. The van der Waals surface area contributed by atoms with E-state index in [1.807, 2.05) is 0 Å². The first-order chi connectivity index (χ1) is 16.4. The number of halogens is 3. The van der Waals surface area contributed by atoms with Crippen molar-refractivity contribution >= 4 is 15.8 Å². The molecule has 1 unspecified atom stereocenters. The van der Waals surface area contributed by atoms with Gasteiger partial charge in [-0.2, -0.15) is 22.6 Å². The minimum absolute atomic E-state index is 0.0469. The molecule has 1 fully saturated rings. The van der Waals surface area contributed by atoms with E-state index in [1.54, 1.807) is 26.2 Å². The molecule has 3 heterocycles. The summed E-state index contributed by atoms with van der Waals surface area (Å²) in [6.45, 7) is 1.14. The lowest BCUT2D eigenvalue weighted by molar-refractivity contribution is -0.210. The number of sulfonamides is 1. The second-order valence-electron chi connectivity index (χ2n) is 8.22. The summed E-state index contributed by atoms with van der Waals surface area (Å²) >= 11 is 0. The van der Waals surface area contributed by atoms with Crippen LogP contribution in [0.4, 0.5) is 19.0 Å². The van der Waals surface area contributed by atoms with Crippen LogP contribution in [-0.2, 0) is 17.1 Å². The van der Waals surface area contributed by atoms with Crippen molar-refractivity contribution in [2.75, 3.05) is 25.4 Å². The first kappa shape index (κ1) is 24.9. The van der Waals surface area contributed by atoms with Crippen LogP contribution in [0.5, 0.6) is 5.75 Å². The van der Waals surface area contributed by atoms with Crippen LogP contribution in [0.25, 0.3) is 11.3 Å². The zero-order chi connectivity index (χ0) is 25.5. The van der Waals surface area contributed by atoms with Gasteiger partial charge in [-0.3, -0.25) is 4.68 Å². The van der Waals surface area contributed by atoms with E-state index in [2.05, 4.69) is 15.1 Å². The summed E-state index contributed by atoms with van der Waals surface area (Å²) in [5.74, 6) is -0.0139. The summed E-state index contributed by atoms with van der Waals surface area (Å²) < 4.78 is 70.9. The van der Waals surface area contributed by atoms with Gasteiger partial charge in [0.05, 0.1) is 17.6 Å². The number of ether oxygens (including phenoxy) is 1. The molecule has 1 aliphatic heterocycles. The number of aromatic nitrogens is 4. The summed E-state index contributed by atoms with van der Waals surface area (Å²) in [5.41, 5.74) is 8.15. The highest BCUT2D eigenvalue weighted by atomic mass is 32.2. The number of rotatable bonds is 7. The number of aryl methyl sites for hydroxylation is 2. The molecule has 0 saturated carbocycles. The summed E-state index contributed by atoms with van der Waals surface area (Å²) in [5, 5.41) is 13.1.